The van der Waals surface area contributed by atoms with Crippen molar-refractivity contribution in [3.63, 3.8) is 0 Å². The van der Waals surface area contributed by atoms with Crippen LogP contribution in [0.4, 0.5) is 16.3 Å². The number of amides is 2. The van der Waals surface area contributed by atoms with Gasteiger partial charge in [-0.3, -0.25) is 18.4 Å². The number of nitrogen functional groups attached to an aromatic ring is 1. The van der Waals surface area contributed by atoms with E-state index >= 15 is 0 Å². The Morgan fingerprint density at radius 3 is 2.48 bits per heavy atom. The smallest absolute Gasteiger partial charge is 0.439 e. The monoisotopic (exact) mass is 998 g/mol. The number of carbonyl (C=O) groups excluding carboxylic acids is 2. The number of phosphoric ester groups is 1. The predicted octanol–water partition coefficient (Wildman–Crippen LogP) is 1.53. The summed E-state index contributed by atoms with van der Waals surface area (Å²) in [7, 11) is -14.8. The van der Waals surface area contributed by atoms with Gasteiger partial charge in [-0.05, 0) is 38.0 Å². The van der Waals surface area contributed by atoms with Gasteiger partial charge in [-0.25, -0.2) is 38.2 Å². The van der Waals surface area contributed by atoms with E-state index in [4.69, 9.17) is 34.0 Å². The highest BCUT2D eigenvalue weighted by Crippen LogP contribution is 2.57. The van der Waals surface area contributed by atoms with E-state index in [-0.39, 0.29) is 54.6 Å². The molecule has 26 nitrogen and oxygen atoms in total. The highest BCUT2D eigenvalue weighted by molar-refractivity contribution is 7.85. The second kappa shape index (κ2) is 22.1. The molecule has 0 spiro atoms. The number of fused-ring (bicyclic) bond motifs is 2. The van der Waals surface area contributed by atoms with Crippen LogP contribution >= 0.6 is 15.6 Å². The highest BCUT2D eigenvalue weighted by Gasteiger charge is 2.49. The number of aromatic nitrogens is 5. The first-order valence-electron chi connectivity index (χ1n) is 20.7. The highest BCUT2D eigenvalue weighted by atomic mass is 32.2. The fourth-order valence-corrected chi connectivity index (χ4v) is 9.25. The van der Waals surface area contributed by atoms with Crippen molar-refractivity contribution in [3.05, 3.63) is 71.9 Å². The van der Waals surface area contributed by atoms with E-state index in [0.29, 0.717) is 42.8 Å². The molecule has 1 aliphatic heterocycles. The molecule has 1 fully saturated rings. The van der Waals surface area contributed by atoms with Crippen LogP contribution in [0.5, 0.6) is 0 Å². The average molecular weight is 999 g/mol. The minimum Gasteiger partial charge on any atom is -0.439 e. The first-order valence-corrected chi connectivity index (χ1v) is 25.3. The number of anilines is 2. The van der Waals surface area contributed by atoms with Crippen LogP contribution in [-0.2, 0) is 48.9 Å². The fraction of sp³-hybridized carbons (Fsp3) is 0.447. The first-order chi connectivity index (χ1) is 31.7. The summed E-state index contributed by atoms with van der Waals surface area (Å²) in [5.41, 5.74) is 7.90. The molecular weight excluding hydrogens is 948 g/mol. The van der Waals surface area contributed by atoms with Crippen molar-refractivity contribution in [2.75, 3.05) is 49.2 Å². The van der Waals surface area contributed by atoms with Gasteiger partial charge in [0.1, 0.15) is 36.2 Å². The lowest BCUT2D eigenvalue weighted by Crippen LogP contribution is -2.41. The summed E-state index contributed by atoms with van der Waals surface area (Å²) >= 11 is 0. The van der Waals surface area contributed by atoms with Crippen molar-refractivity contribution < 1.29 is 78.8 Å². The standard InChI is InChI=1S/C38H49N9O17P2S/c1-2-46(26-9-8-25-19-27(37(50)62-28(25)20-26)24-10-16-45(17-11-24)14-6-18-67(57,58)59)15-5-3-4-7-30(48)40-12-13-41-38(51)63-33-32(49)29(21-60-66(55,56)64-65(52,53)54)61-36(33)47-23-44-31-34(39)42-22-43-35(31)47/h8-11,16-17,19-20,22-23,29,32-33,36,49H,2-7,12-15,18,21H2,1H3,(H7-,39,40,41,42,43,48,51,52,53,54,55,56,57,58,59)/p+1/t29-,32-,33-,36-/m1/s1. The molecule has 67 heavy (non-hydrogen) atoms. The molecule has 6 rings (SSSR count). The zero-order valence-corrected chi connectivity index (χ0v) is 38.4. The molecule has 1 aromatic carbocycles. The minimum atomic E-state index is -5.45. The van der Waals surface area contributed by atoms with Crippen LogP contribution in [0.2, 0.25) is 0 Å². The zero-order valence-electron chi connectivity index (χ0n) is 35.8. The number of nitrogens with zero attached hydrogens (tertiary/aromatic N) is 6. The maximum Gasteiger partial charge on any atom is 0.481 e. The van der Waals surface area contributed by atoms with Crippen LogP contribution in [0.25, 0.3) is 33.3 Å². The van der Waals surface area contributed by atoms with Crippen molar-refractivity contribution in [3.8, 4) is 11.1 Å². The minimum absolute atomic E-state index is 0.00392. The van der Waals surface area contributed by atoms with Crippen molar-refractivity contribution in [2.24, 2.45) is 0 Å². The Balaban J connectivity index is 0.931. The van der Waals surface area contributed by atoms with E-state index in [9.17, 15) is 41.9 Å². The number of hydrogen-bond donors (Lipinski definition) is 8. The molecule has 364 valence electrons. The number of ether oxygens (including phenoxy) is 2. The largest absolute Gasteiger partial charge is 0.481 e. The van der Waals surface area contributed by atoms with Gasteiger partial charge < -0.3 is 54.9 Å². The summed E-state index contributed by atoms with van der Waals surface area (Å²) in [5, 5.41) is 16.9. The molecule has 9 N–H and O–H groups in total. The zero-order chi connectivity index (χ0) is 48.5. The Hall–Kier alpha value is -5.44. The van der Waals surface area contributed by atoms with Crippen molar-refractivity contribution >= 4 is 71.4 Å². The summed E-state index contributed by atoms with van der Waals surface area (Å²) < 4.78 is 82.4. The fourth-order valence-electron chi connectivity index (χ4n) is 7.16. The third kappa shape index (κ3) is 14.3. The van der Waals surface area contributed by atoms with Crippen molar-refractivity contribution in [2.45, 2.75) is 70.1 Å². The Morgan fingerprint density at radius 1 is 1.01 bits per heavy atom. The molecule has 0 aliphatic carbocycles. The Morgan fingerprint density at radius 2 is 1.76 bits per heavy atom. The second-order valence-electron chi connectivity index (χ2n) is 15.1. The Labute approximate surface area is 381 Å². The van der Waals surface area contributed by atoms with Crippen LogP contribution in [0.1, 0.15) is 45.3 Å². The van der Waals surface area contributed by atoms with Crippen LogP contribution in [-0.4, -0.2) is 121 Å². The molecule has 29 heteroatoms. The number of rotatable bonds is 23. The Kier molecular flexibility index (Phi) is 16.8. The van der Waals surface area contributed by atoms with Gasteiger partial charge in [-0.1, -0.05) is 6.42 Å². The van der Waals surface area contributed by atoms with Gasteiger partial charge in [-0.15, -0.1) is 0 Å². The van der Waals surface area contributed by atoms with E-state index in [1.54, 1.807) is 35.2 Å². The number of nitrogens with two attached hydrogens (primary N) is 1. The van der Waals surface area contributed by atoms with E-state index < -0.39 is 68.6 Å². The van der Waals surface area contributed by atoms with Gasteiger partial charge in [-0.2, -0.15) is 12.7 Å². The molecular formula is C38H50N9O17P2S+. The molecule has 5 heterocycles. The number of carbonyl (C=O) groups is 2. The third-order valence-electron chi connectivity index (χ3n) is 10.4. The number of unbranched alkanes of at least 4 members (excludes halogenated alkanes) is 2. The van der Waals surface area contributed by atoms with E-state index in [0.717, 1.165) is 30.2 Å². The van der Waals surface area contributed by atoms with Crippen LogP contribution in [0.3, 0.4) is 0 Å². The third-order valence-corrected chi connectivity index (χ3v) is 13.3. The number of aliphatic hydroxyl groups excluding tert-OH is 1. The van der Waals surface area contributed by atoms with Crippen LogP contribution < -0.4 is 31.5 Å². The normalized spacial score (nSPS) is 18.5. The summed E-state index contributed by atoms with van der Waals surface area (Å²) in [4.78, 5) is 80.2. The number of alkyl carbamates (subject to hydrolysis) is 1. The van der Waals surface area contributed by atoms with Gasteiger partial charge in [0.05, 0.1) is 24.3 Å². The Bertz CT molecular complexity index is 2810. The van der Waals surface area contributed by atoms with Crippen molar-refractivity contribution in [1.29, 1.82) is 0 Å². The predicted molar refractivity (Wildman–Crippen MR) is 235 cm³/mol. The number of aryl methyl sites for hydroxylation is 1. The van der Waals surface area contributed by atoms with Crippen LogP contribution in [0.15, 0.2) is 70.7 Å². The quantitative estimate of drug-likeness (QED) is 0.0151. The second-order valence-corrected chi connectivity index (χ2v) is 19.5. The maximum atomic E-state index is 13.0. The van der Waals surface area contributed by atoms with Gasteiger partial charge in [0.25, 0.3) is 10.1 Å². The first kappa shape index (κ1) is 51.0. The van der Waals surface area contributed by atoms with Gasteiger partial charge >= 0.3 is 27.4 Å². The topological polar surface area (TPSA) is 371 Å². The van der Waals surface area contributed by atoms with E-state index in [2.05, 4.69) is 39.3 Å². The van der Waals surface area contributed by atoms with Gasteiger partial charge in [0.2, 0.25) is 5.91 Å². The molecule has 2 amide bonds. The number of pyridine rings is 1. The number of phosphoric acid groups is 2. The molecule has 5 atom stereocenters. The van der Waals surface area contributed by atoms with Gasteiger partial charge in [0.15, 0.2) is 36.2 Å². The lowest BCUT2D eigenvalue weighted by molar-refractivity contribution is -0.696. The lowest BCUT2D eigenvalue weighted by Gasteiger charge is -2.23. The number of nitrogens with one attached hydrogen (secondary N) is 2. The lowest BCUT2D eigenvalue weighted by atomic mass is 10.1. The number of imidazole rings is 1. The summed E-state index contributed by atoms with van der Waals surface area (Å²) in [6.45, 7) is 2.73. The van der Waals surface area contributed by atoms with Crippen molar-refractivity contribution in [1.82, 2.24) is 30.2 Å². The molecule has 0 radical (unpaired) electrons. The van der Waals surface area contributed by atoms with Gasteiger partial charge in [0, 0.05) is 73.9 Å². The molecule has 0 saturated carbocycles. The summed E-state index contributed by atoms with van der Waals surface area (Å²) in [6, 6.07) is 10.8. The maximum absolute atomic E-state index is 13.0. The van der Waals surface area contributed by atoms with E-state index in [1.165, 1.54) is 10.9 Å². The average Bonchev–Trinajstić information content (AvgIpc) is 3.82. The van der Waals surface area contributed by atoms with E-state index in [1.807, 2.05) is 25.1 Å². The summed E-state index contributed by atoms with van der Waals surface area (Å²) in [6.07, 6.45) is 1.11. The SMILES string of the molecule is CCN(CCCCCC(=O)NCCNC(=O)O[C@@H]1[C@H](O)[C@@H](COP(=O)(O)OP(=O)(O)O)O[C@H]1n1cnc2c(N)ncnc21)c1ccc2cc(-c3cc[n+](CCCS(=O)(=O)O)cc3)c(=O)oc2c1. The summed E-state index contributed by atoms with van der Waals surface area (Å²) in [5.74, 6) is -0.601. The number of benzene rings is 1. The molecule has 0 bridgehead atoms. The molecule has 1 saturated heterocycles. The molecule has 5 aromatic rings. The molecule has 1 aliphatic rings. The van der Waals surface area contributed by atoms with Crippen LogP contribution in [0, 0.1) is 0 Å². The molecule has 1 unspecified atom stereocenters. The number of aliphatic hydroxyl groups is 1. The molecule has 4 aromatic heterocycles. The number of hydrogen-bond acceptors (Lipinski definition) is 18.